The number of carbonyl (C=O) groups excluding carboxylic acids is 1. The van der Waals surface area contributed by atoms with E-state index in [-0.39, 0.29) is 5.54 Å². The van der Waals surface area contributed by atoms with E-state index in [1.807, 2.05) is 12.0 Å². The van der Waals surface area contributed by atoms with Crippen LogP contribution in [-0.4, -0.2) is 60.1 Å². The number of hydrogen-bond acceptors (Lipinski definition) is 3. The number of hydrogen-bond donors (Lipinski definition) is 0. The normalized spacial score (nSPS) is 26.7. The first-order valence-corrected chi connectivity index (χ1v) is 8.43. The second-order valence-electron chi connectivity index (χ2n) is 7.45. The molecule has 2 fully saturated rings. The summed E-state index contributed by atoms with van der Waals surface area (Å²) in [5.74, 6) is 0.806. The van der Waals surface area contributed by atoms with Crippen molar-refractivity contribution in [1.29, 1.82) is 0 Å². The molecule has 2 aliphatic heterocycles. The number of rotatable bonds is 4. The molecule has 2 heterocycles. The van der Waals surface area contributed by atoms with Crippen molar-refractivity contribution in [1.82, 2.24) is 9.80 Å². The Morgan fingerprint density at radius 1 is 1.14 bits per heavy atom. The van der Waals surface area contributed by atoms with Gasteiger partial charge < -0.3 is 9.64 Å². The van der Waals surface area contributed by atoms with Crippen molar-refractivity contribution in [3.05, 3.63) is 0 Å². The lowest BCUT2D eigenvalue weighted by Gasteiger charge is -2.49. The lowest BCUT2D eigenvalue weighted by Crippen LogP contribution is -2.56. The van der Waals surface area contributed by atoms with Crippen LogP contribution in [0.5, 0.6) is 0 Å². The highest BCUT2D eigenvalue weighted by molar-refractivity contribution is 5.77. The lowest BCUT2D eigenvalue weighted by molar-refractivity contribution is -0.140. The average Bonchev–Trinajstić information content (AvgIpc) is 2.46. The first-order valence-electron chi connectivity index (χ1n) is 8.43. The van der Waals surface area contributed by atoms with Crippen molar-refractivity contribution in [3.8, 4) is 0 Å². The molecule has 0 aromatic rings. The minimum absolute atomic E-state index is 0.109. The van der Waals surface area contributed by atoms with Crippen molar-refractivity contribution in [2.45, 2.75) is 71.1 Å². The van der Waals surface area contributed by atoms with Crippen LogP contribution >= 0.6 is 0 Å². The van der Waals surface area contributed by atoms with E-state index in [4.69, 9.17) is 4.74 Å². The molecule has 2 aliphatic rings. The highest BCUT2D eigenvalue weighted by atomic mass is 16.5. The van der Waals surface area contributed by atoms with Gasteiger partial charge in [-0.15, -0.1) is 0 Å². The molecule has 2 saturated heterocycles. The van der Waals surface area contributed by atoms with Crippen LogP contribution in [0.3, 0.4) is 0 Å². The summed E-state index contributed by atoms with van der Waals surface area (Å²) in [6.07, 6.45) is 4.47. The molecule has 0 saturated carbocycles. The average molecular weight is 296 g/mol. The molecule has 0 aliphatic carbocycles. The third kappa shape index (κ3) is 3.59. The standard InChI is InChI=1S/C17H32N2O2/c1-13(2)19-11-6-14(12-16(19)20)17(3,4)18-9-7-15(21-5)8-10-18/h13-15H,6-12H2,1-5H3. The molecule has 1 atom stereocenters. The lowest BCUT2D eigenvalue weighted by atomic mass is 9.77. The van der Waals surface area contributed by atoms with E-state index in [1.165, 1.54) is 0 Å². The number of methoxy groups -OCH3 is 1. The molecule has 4 heteroatoms. The van der Waals surface area contributed by atoms with Gasteiger partial charge in [-0.1, -0.05) is 0 Å². The van der Waals surface area contributed by atoms with Crippen LogP contribution in [0.2, 0.25) is 0 Å². The van der Waals surface area contributed by atoms with Crippen LogP contribution in [0.4, 0.5) is 0 Å². The van der Waals surface area contributed by atoms with Gasteiger partial charge in [0, 0.05) is 44.7 Å². The summed E-state index contributed by atoms with van der Waals surface area (Å²) in [5, 5.41) is 0. The molecule has 0 radical (unpaired) electrons. The first-order chi connectivity index (χ1) is 9.86. The quantitative estimate of drug-likeness (QED) is 0.799. The van der Waals surface area contributed by atoms with E-state index in [2.05, 4.69) is 32.6 Å². The third-order valence-corrected chi connectivity index (χ3v) is 5.67. The topological polar surface area (TPSA) is 32.8 Å². The molecular weight excluding hydrogens is 264 g/mol. The van der Waals surface area contributed by atoms with Gasteiger partial charge in [-0.3, -0.25) is 9.69 Å². The Kier molecular flexibility index (Phi) is 5.31. The summed E-state index contributed by atoms with van der Waals surface area (Å²) >= 11 is 0. The summed E-state index contributed by atoms with van der Waals surface area (Å²) < 4.78 is 5.47. The summed E-state index contributed by atoms with van der Waals surface area (Å²) in [4.78, 5) is 17.0. The van der Waals surface area contributed by atoms with Gasteiger partial charge in [-0.2, -0.15) is 0 Å². The minimum atomic E-state index is 0.109. The van der Waals surface area contributed by atoms with Crippen LogP contribution in [0.1, 0.15) is 53.4 Å². The number of ether oxygens (including phenoxy) is 1. The van der Waals surface area contributed by atoms with Crippen LogP contribution in [0, 0.1) is 5.92 Å². The molecule has 0 aromatic heterocycles. The zero-order chi connectivity index (χ0) is 15.6. The van der Waals surface area contributed by atoms with Crippen molar-refractivity contribution in [2.75, 3.05) is 26.7 Å². The fourth-order valence-electron chi connectivity index (χ4n) is 3.92. The highest BCUT2D eigenvalue weighted by Gasteiger charge is 2.41. The van der Waals surface area contributed by atoms with E-state index >= 15 is 0 Å². The van der Waals surface area contributed by atoms with Gasteiger partial charge in [0.05, 0.1) is 6.10 Å². The number of piperidine rings is 2. The van der Waals surface area contributed by atoms with Gasteiger partial charge >= 0.3 is 0 Å². The Morgan fingerprint density at radius 3 is 2.24 bits per heavy atom. The Hall–Kier alpha value is -0.610. The Morgan fingerprint density at radius 2 is 1.76 bits per heavy atom. The Bertz CT molecular complexity index is 360. The van der Waals surface area contributed by atoms with Gasteiger partial charge in [0.25, 0.3) is 0 Å². The number of carbonyl (C=O) groups is 1. The summed E-state index contributed by atoms with van der Waals surface area (Å²) in [6.45, 7) is 12.0. The van der Waals surface area contributed by atoms with Gasteiger partial charge in [0.1, 0.15) is 0 Å². The van der Waals surface area contributed by atoms with E-state index in [0.29, 0.717) is 30.4 Å². The van der Waals surface area contributed by atoms with Gasteiger partial charge in [-0.25, -0.2) is 0 Å². The molecule has 0 N–H and O–H groups in total. The fraction of sp³-hybridized carbons (Fsp3) is 0.941. The molecule has 0 spiro atoms. The molecule has 21 heavy (non-hydrogen) atoms. The second kappa shape index (κ2) is 6.66. The van der Waals surface area contributed by atoms with E-state index in [9.17, 15) is 4.79 Å². The van der Waals surface area contributed by atoms with Crippen LogP contribution < -0.4 is 0 Å². The van der Waals surface area contributed by atoms with Crippen LogP contribution in [-0.2, 0) is 9.53 Å². The molecule has 1 unspecified atom stereocenters. The van der Waals surface area contributed by atoms with Gasteiger partial charge in [0.2, 0.25) is 5.91 Å². The molecular formula is C17H32N2O2. The van der Waals surface area contributed by atoms with Crippen LogP contribution in [0.15, 0.2) is 0 Å². The molecule has 0 bridgehead atoms. The molecule has 122 valence electrons. The van der Waals surface area contributed by atoms with E-state index in [0.717, 1.165) is 38.9 Å². The smallest absolute Gasteiger partial charge is 0.223 e. The predicted molar refractivity (Wildman–Crippen MR) is 85.3 cm³/mol. The highest BCUT2D eigenvalue weighted by Crippen LogP contribution is 2.35. The maximum atomic E-state index is 12.4. The van der Waals surface area contributed by atoms with Gasteiger partial charge in [-0.05, 0) is 52.9 Å². The molecule has 4 nitrogen and oxygen atoms in total. The van der Waals surface area contributed by atoms with Crippen molar-refractivity contribution in [2.24, 2.45) is 5.92 Å². The molecule has 1 amide bonds. The fourth-order valence-corrected chi connectivity index (χ4v) is 3.92. The van der Waals surface area contributed by atoms with E-state index in [1.54, 1.807) is 0 Å². The first kappa shape index (κ1) is 16.8. The van der Waals surface area contributed by atoms with Crippen molar-refractivity contribution in [3.63, 3.8) is 0 Å². The van der Waals surface area contributed by atoms with E-state index < -0.39 is 0 Å². The maximum absolute atomic E-state index is 12.4. The predicted octanol–water partition coefficient (Wildman–Crippen LogP) is 2.52. The monoisotopic (exact) mass is 296 g/mol. The summed E-state index contributed by atoms with van der Waals surface area (Å²) in [6, 6.07) is 0.332. The largest absolute Gasteiger partial charge is 0.381 e. The Balaban J connectivity index is 1.96. The second-order valence-corrected chi connectivity index (χ2v) is 7.45. The molecule has 0 aromatic carbocycles. The summed E-state index contributed by atoms with van der Waals surface area (Å²) in [7, 11) is 1.81. The number of likely N-dealkylation sites (tertiary alicyclic amines) is 2. The minimum Gasteiger partial charge on any atom is -0.381 e. The zero-order valence-corrected chi connectivity index (χ0v) is 14.4. The summed E-state index contributed by atoms with van der Waals surface area (Å²) in [5.41, 5.74) is 0.109. The van der Waals surface area contributed by atoms with Crippen molar-refractivity contribution < 1.29 is 9.53 Å². The Labute approximate surface area is 129 Å². The van der Waals surface area contributed by atoms with Gasteiger partial charge in [0.15, 0.2) is 0 Å². The van der Waals surface area contributed by atoms with Crippen molar-refractivity contribution >= 4 is 5.91 Å². The molecule has 2 rings (SSSR count). The third-order valence-electron chi connectivity index (χ3n) is 5.67. The number of nitrogens with zero attached hydrogens (tertiary/aromatic N) is 2. The SMILES string of the molecule is COC1CCN(C(C)(C)C2CCN(C(C)C)C(=O)C2)CC1. The number of amides is 1. The maximum Gasteiger partial charge on any atom is 0.223 e. The van der Waals surface area contributed by atoms with Crippen LogP contribution in [0.25, 0.3) is 0 Å². The zero-order valence-electron chi connectivity index (χ0n) is 14.4.